The number of amides is 2. The van der Waals surface area contributed by atoms with Gasteiger partial charge in [0.15, 0.2) is 0 Å². The van der Waals surface area contributed by atoms with Gasteiger partial charge in [-0.15, -0.1) is 0 Å². The van der Waals surface area contributed by atoms with Crippen LogP contribution in [0, 0.1) is 11.3 Å². The molecule has 0 aliphatic carbocycles. The number of benzene rings is 3. The van der Waals surface area contributed by atoms with Crippen LogP contribution in [-0.4, -0.2) is 16.8 Å². The number of nitriles is 1. The molecule has 0 bridgehead atoms. The van der Waals surface area contributed by atoms with Gasteiger partial charge in [-0.2, -0.15) is 10.3 Å². The number of rotatable bonds is 3. The highest BCUT2D eigenvalue weighted by Gasteiger charge is 2.37. The van der Waals surface area contributed by atoms with Crippen molar-refractivity contribution in [3.63, 3.8) is 0 Å². The molecule has 4 rings (SSSR count). The second kappa shape index (κ2) is 7.37. The van der Waals surface area contributed by atoms with Gasteiger partial charge in [-0.1, -0.05) is 72.8 Å². The Kier molecular flexibility index (Phi) is 4.61. The lowest BCUT2D eigenvalue weighted by Gasteiger charge is -2.33. The highest BCUT2D eigenvalue weighted by Crippen LogP contribution is 2.40. The minimum atomic E-state index is -0.559. The monoisotopic (exact) mass is 367 g/mol. The molecule has 3 aromatic carbocycles. The molecule has 0 saturated heterocycles. The Bertz CT molecular complexity index is 1090. The molecule has 5 nitrogen and oxygen atoms in total. The van der Waals surface area contributed by atoms with Gasteiger partial charge in [0.2, 0.25) is 0 Å². The Morgan fingerprint density at radius 2 is 1.61 bits per heavy atom. The van der Waals surface area contributed by atoms with Crippen molar-refractivity contribution in [3.05, 3.63) is 101 Å². The molecule has 0 fully saturated rings. The topological polar surface area (TPSA) is 85.5 Å². The minimum absolute atomic E-state index is 0.120. The minimum Gasteiger partial charge on any atom is -0.506 e. The lowest BCUT2D eigenvalue weighted by molar-refractivity contribution is 0.242. The van der Waals surface area contributed by atoms with Gasteiger partial charge in [-0.25, -0.2) is 4.79 Å². The number of carbonyl (C=O) groups is 1. The average molecular weight is 367 g/mol. The molecule has 5 heteroatoms. The van der Waals surface area contributed by atoms with Crippen LogP contribution in [0.3, 0.4) is 0 Å². The Morgan fingerprint density at radius 1 is 0.929 bits per heavy atom. The van der Waals surface area contributed by atoms with Gasteiger partial charge < -0.3 is 10.4 Å². The molecule has 0 aromatic heterocycles. The summed E-state index contributed by atoms with van der Waals surface area (Å²) in [6, 6.07) is 25.2. The first-order chi connectivity index (χ1) is 13.7. The molecule has 2 N–H and O–H groups in total. The number of urea groups is 1. The van der Waals surface area contributed by atoms with Gasteiger partial charge in [0.25, 0.3) is 0 Å². The highest BCUT2D eigenvalue weighted by molar-refractivity contribution is 6.12. The van der Waals surface area contributed by atoms with E-state index in [4.69, 9.17) is 0 Å². The fraction of sp³-hybridized carbons (Fsp3) is 0.0870. The van der Waals surface area contributed by atoms with Crippen molar-refractivity contribution in [3.8, 4) is 11.8 Å². The van der Waals surface area contributed by atoms with E-state index in [2.05, 4.69) is 10.3 Å². The van der Waals surface area contributed by atoms with Crippen molar-refractivity contribution in [2.24, 2.45) is 4.99 Å². The number of aromatic hydroxyl groups is 1. The maximum absolute atomic E-state index is 12.4. The fourth-order valence-electron chi connectivity index (χ4n) is 3.61. The summed E-state index contributed by atoms with van der Waals surface area (Å²) in [5.41, 5.74) is 3.08. The van der Waals surface area contributed by atoms with Crippen molar-refractivity contribution in [2.45, 2.75) is 12.0 Å². The molecular weight excluding hydrogens is 350 g/mol. The summed E-state index contributed by atoms with van der Waals surface area (Å²) in [5.74, 6) is -0.438. The van der Waals surface area contributed by atoms with Crippen LogP contribution in [0.25, 0.3) is 0 Å². The van der Waals surface area contributed by atoms with Crippen LogP contribution in [0.4, 0.5) is 4.79 Å². The predicted molar refractivity (Wildman–Crippen MR) is 106 cm³/mol. The van der Waals surface area contributed by atoms with E-state index in [0.717, 1.165) is 11.1 Å². The molecule has 2 unspecified atom stereocenters. The summed E-state index contributed by atoms with van der Waals surface area (Å²) in [6.07, 6.45) is 0. The molecule has 3 aromatic rings. The Labute approximate surface area is 162 Å². The van der Waals surface area contributed by atoms with Crippen molar-refractivity contribution < 1.29 is 9.90 Å². The summed E-state index contributed by atoms with van der Waals surface area (Å²) < 4.78 is 0. The van der Waals surface area contributed by atoms with Crippen molar-refractivity contribution in [1.82, 2.24) is 5.32 Å². The zero-order valence-electron chi connectivity index (χ0n) is 14.9. The zero-order chi connectivity index (χ0) is 19.5. The third kappa shape index (κ3) is 3.12. The molecule has 136 valence electrons. The molecule has 28 heavy (non-hydrogen) atoms. The number of para-hydroxylation sites is 1. The van der Waals surface area contributed by atoms with Crippen LogP contribution in [0.2, 0.25) is 0 Å². The summed E-state index contributed by atoms with van der Waals surface area (Å²) in [5, 5.41) is 22.8. The number of aliphatic imine (C=N–C) groups is 1. The van der Waals surface area contributed by atoms with E-state index in [0.29, 0.717) is 11.3 Å². The standard InChI is InChI=1S/C23H17N3O2/c24-14-17-12-7-13-18(22(17)27)21-19(15-8-3-1-4-9-15)20(25-23(28)26-21)16-10-5-2-6-11-16/h1-13,19,21,27H,(H,26,28). The summed E-state index contributed by atoms with van der Waals surface area (Å²) in [4.78, 5) is 16.7. The van der Waals surface area contributed by atoms with Crippen LogP contribution in [0.15, 0.2) is 83.9 Å². The molecule has 1 aliphatic rings. The largest absolute Gasteiger partial charge is 0.506 e. The van der Waals surface area contributed by atoms with Gasteiger partial charge >= 0.3 is 6.03 Å². The number of hydrogen-bond donors (Lipinski definition) is 2. The van der Waals surface area contributed by atoms with Gasteiger partial charge in [0.05, 0.1) is 23.2 Å². The van der Waals surface area contributed by atoms with Crippen molar-refractivity contribution >= 4 is 11.7 Å². The first-order valence-corrected chi connectivity index (χ1v) is 8.90. The summed E-state index contributed by atoms with van der Waals surface area (Å²) in [7, 11) is 0. The molecule has 0 saturated carbocycles. The van der Waals surface area contributed by atoms with E-state index < -0.39 is 12.1 Å². The molecule has 1 aliphatic heterocycles. The van der Waals surface area contributed by atoms with E-state index >= 15 is 0 Å². The van der Waals surface area contributed by atoms with E-state index in [1.165, 1.54) is 0 Å². The van der Waals surface area contributed by atoms with Gasteiger partial charge in [0, 0.05) is 5.56 Å². The number of hydrogen-bond acceptors (Lipinski definition) is 3. The average Bonchev–Trinajstić information content (AvgIpc) is 2.74. The number of phenolic OH excluding ortho intramolecular Hbond substituents is 1. The number of nitrogens with zero attached hydrogens (tertiary/aromatic N) is 2. The molecule has 0 radical (unpaired) electrons. The normalized spacial score (nSPS) is 18.7. The SMILES string of the molecule is N#Cc1cccc(C2NC(=O)N=C(c3ccccc3)C2c2ccccc2)c1O. The van der Waals surface area contributed by atoms with Gasteiger partial charge in [0.1, 0.15) is 11.8 Å². The van der Waals surface area contributed by atoms with Crippen molar-refractivity contribution in [1.29, 1.82) is 5.26 Å². The number of nitrogens with one attached hydrogen (secondary N) is 1. The Hall–Kier alpha value is -3.91. The van der Waals surface area contributed by atoms with Crippen LogP contribution < -0.4 is 5.32 Å². The van der Waals surface area contributed by atoms with E-state index in [-0.39, 0.29) is 17.2 Å². The van der Waals surface area contributed by atoms with Gasteiger partial charge in [-0.05, 0) is 17.2 Å². The smallest absolute Gasteiger partial charge is 0.341 e. The summed E-state index contributed by atoms with van der Waals surface area (Å²) >= 11 is 0. The second-order valence-corrected chi connectivity index (χ2v) is 6.53. The molecular formula is C23H17N3O2. The predicted octanol–water partition coefficient (Wildman–Crippen LogP) is 4.30. The Morgan fingerprint density at radius 3 is 2.29 bits per heavy atom. The summed E-state index contributed by atoms with van der Waals surface area (Å²) in [6.45, 7) is 0. The third-order valence-corrected chi connectivity index (χ3v) is 4.88. The maximum Gasteiger partial charge on any atom is 0.341 e. The first-order valence-electron chi connectivity index (χ1n) is 8.90. The van der Waals surface area contributed by atoms with E-state index in [1.54, 1.807) is 18.2 Å². The fourth-order valence-corrected chi connectivity index (χ4v) is 3.61. The van der Waals surface area contributed by atoms with E-state index in [9.17, 15) is 15.2 Å². The Balaban J connectivity index is 1.92. The molecule has 0 spiro atoms. The van der Waals surface area contributed by atoms with Gasteiger partial charge in [-0.3, -0.25) is 0 Å². The molecule has 1 heterocycles. The third-order valence-electron chi connectivity index (χ3n) is 4.88. The first kappa shape index (κ1) is 17.5. The van der Waals surface area contributed by atoms with Crippen LogP contribution in [-0.2, 0) is 0 Å². The highest BCUT2D eigenvalue weighted by atomic mass is 16.3. The molecule has 2 amide bonds. The lowest BCUT2D eigenvalue weighted by atomic mass is 9.79. The van der Waals surface area contributed by atoms with Crippen molar-refractivity contribution in [2.75, 3.05) is 0 Å². The van der Waals surface area contributed by atoms with Crippen LogP contribution in [0.1, 0.15) is 34.2 Å². The number of phenols is 1. The molecule has 2 atom stereocenters. The number of carbonyl (C=O) groups excluding carboxylic acids is 1. The zero-order valence-corrected chi connectivity index (χ0v) is 14.9. The van der Waals surface area contributed by atoms with Crippen LogP contribution >= 0.6 is 0 Å². The maximum atomic E-state index is 12.4. The van der Waals surface area contributed by atoms with E-state index in [1.807, 2.05) is 66.7 Å². The lowest BCUT2D eigenvalue weighted by Crippen LogP contribution is -2.40. The van der Waals surface area contributed by atoms with Crippen LogP contribution in [0.5, 0.6) is 5.75 Å². The second-order valence-electron chi connectivity index (χ2n) is 6.53. The quantitative estimate of drug-likeness (QED) is 0.724.